The molecule has 1 amide bonds. The molecule has 0 unspecified atom stereocenters. The second-order valence-electron chi connectivity index (χ2n) is 9.10. The zero-order valence-electron chi connectivity index (χ0n) is 22.0. The first-order valence-electron chi connectivity index (χ1n) is 12.6. The summed E-state index contributed by atoms with van der Waals surface area (Å²) in [6.07, 6.45) is 1.18. The van der Waals surface area contributed by atoms with Crippen molar-refractivity contribution in [3.63, 3.8) is 0 Å². The maximum Gasteiger partial charge on any atom is 0.270 e. The van der Waals surface area contributed by atoms with Gasteiger partial charge in [0.15, 0.2) is 16.5 Å². The number of H-pyrrole nitrogens is 1. The number of hydrogen-bond acceptors (Lipinski definition) is 8. The number of benzene rings is 2. The Morgan fingerprint density at radius 3 is 2.67 bits per heavy atom. The number of hydrogen-bond donors (Lipinski definition) is 3. The number of ether oxygens (including phenoxy) is 2. The van der Waals surface area contributed by atoms with Gasteiger partial charge in [0.25, 0.3) is 15.9 Å². The minimum absolute atomic E-state index is 0.0254. The number of carbonyl (C=O) groups is 1. The van der Waals surface area contributed by atoms with Crippen LogP contribution in [-0.2, 0) is 14.8 Å². The zero-order valence-corrected chi connectivity index (χ0v) is 23.6. The van der Waals surface area contributed by atoms with Gasteiger partial charge < -0.3 is 14.8 Å². The molecule has 1 aliphatic heterocycles. The molecule has 0 aliphatic carbocycles. The van der Waals surface area contributed by atoms with Crippen molar-refractivity contribution < 1.29 is 35.9 Å². The van der Waals surface area contributed by atoms with E-state index < -0.39 is 55.1 Å². The Bertz CT molecular complexity index is 1770. The van der Waals surface area contributed by atoms with Crippen LogP contribution in [0.1, 0.15) is 17.4 Å². The molecule has 222 valence electrons. The third-order valence-corrected chi connectivity index (χ3v) is 7.99. The molecule has 0 spiro atoms. The molecule has 11 nitrogen and oxygen atoms in total. The predicted octanol–water partition coefficient (Wildman–Crippen LogP) is 3.91. The second-order valence-corrected chi connectivity index (χ2v) is 11.2. The molecule has 1 fully saturated rings. The van der Waals surface area contributed by atoms with Crippen LogP contribution in [0.15, 0.2) is 41.4 Å². The Hall–Kier alpha value is -3.92. The lowest BCUT2D eigenvalue weighted by Crippen LogP contribution is -2.43. The Morgan fingerprint density at radius 1 is 1.17 bits per heavy atom. The lowest BCUT2D eigenvalue weighted by Gasteiger charge is -2.26. The lowest BCUT2D eigenvalue weighted by molar-refractivity contribution is 0.0334. The van der Waals surface area contributed by atoms with E-state index in [0.29, 0.717) is 26.3 Å². The summed E-state index contributed by atoms with van der Waals surface area (Å²) in [6, 6.07) is 5.08. The van der Waals surface area contributed by atoms with Gasteiger partial charge in [-0.05, 0) is 31.2 Å². The van der Waals surface area contributed by atoms with E-state index in [1.165, 1.54) is 12.3 Å². The predicted molar refractivity (Wildman–Crippen MR) is 147 cm³/mol. The van der Waals surface area contributed by atoms with Crippen molar-refractivity contribution in [3.8, 4) is 17.0 Å². The largest absolute Gasteiger partial charge is 0.477 e. The topological polar surface area (TPSA) is 139 Å². The van der Waals surface area contributed by atoms with Gasteiger partial charge in [-0.2, -0.15) is 5.10 Å². The van der Waals surface area contributed by atoms with E-state index in [1.54, 1.807) is 6.92 Å². The molecule has 0 saturated carbocycles. The summed E-state index contributed by atoms with van der Waals surface area (Å²) >= 11 is 5.91. The highest BCUT2D eigenvalue weighted by molar-refractivity contribution is 7.92. The van der Waals surface area contributed by atoms with Gasteiger partial charge in [-0.15, -0.1) is 0 Å². The maximum atomic E-state index is 15.7. The van der Waals surface area contributed by atoms with E-state index in [-0.39, 0.29) is 40.8 Å². The van der Waals surface area contributed by atoms with E-state index >= 15 is 8.78 Å². The molecular weight excluding hydrogens is 601 g/mol. The number of fused-ring (bicyclic) bond motifs is 1. The van der Waals surface area contributed by atoms with E-state index in [1.807, 2.05) is 9.62 Å². The number of halogens is 4. The smallest absolute Gasteiger partial charge is 0.270 e. The van der Waals surface area contributed by atoms with Crippen LogP contribution >= 0.6 is 11.6 Å². The average molecular weight is 625 g/mol. The molecule has 16 heteroatoms. The van der Waals surface area contributed by atoms with Gasteiger partial charge in [0.1, 0.15) is 17.0 Å². The van der Waals surface area contributed by atoms with Crippen molar-refractivity contribution in [2.45, 2.75) is 11.8 Å². The summed E-state index contributed by atoms with van der Waals surface area (Å²) in [5, 5.41) is 9.11. The number of aromatic amines is 1. The Kier molecular flexibility index (Phi) is 8.54. The highest BCUT2D eigenvalue weighted by Crippen LogP contribution is 2.36. The molecule has 4 aromatic rings. The number of morpholine rings is 1. The Labute approximate surface area is 243 Å². The number of nitrogens with zero attached hydrogens (tertiary/aromatic N) is 3. The van der Waals surface area contributed by atoms with E-state index in [2.05, 4.69) is 20.5 Å². The van der Waals surface area contributed by atoms with Crippen LogP contribution in [0, 0.1) is 17.5 Å². The van der Waals surface area contributed by atoms with Crippen LogP contribution in [0.4, 0.5) is 18.9 Å². The number of nitrogens with one attached hydrogen (secondary N) is 3. The van der Waals surface area contributed by atoms with Crippen LogP contribution in [0.25, 0.3) is 22.0 Å². The van der Waals surface area contributed by atoms with E-state index in [9.17, 15) is 17.6 Å². The van der Waals surface area contributed by atoms with Crippen LogP contribution in [0.3, 0.4) is 0 Å². The molecule has 0 radical (unpaired) electrons. The van der Waals surface area contributed by atoms with E-state index in [4.69, 9.17) is 21.1 Å². The van der Waals surface area contributed by atoms with Crippen LogP contribution in [0.2, 0.25) is 5.02 Å². The number of sulfonamides is 1. The van der Waals surface area contributed by atoms with Crippen molar-refractivity contribution in [3.05, 3.63) is 64.7 Å². The van der Waals surface area contributed by atoms with Crippen molar-refractivity contribution in [2.24, 2.45) is 0 Å². The van der Waals surface area contributed by atoms with Crippen LogP contribution < -0.4 is 14.8 Å². The van der Waals surface area contributed by atoms with Gasteiger partial charge in [0.05, 0.1) is 42.8 Å². The van der Waals surface area contributed by atoms with Gasteiger partial charge in [0, 0.05) is 30.2 Å². The molecule has 42 heavy (non-hydrogen) atoms. The monoisotopic (exact) mass is 624 g/mol. The fourth-order valence-corrected chi connectivity index (χ4v) is 5.77. The second kappa shape index (κ2) is 12.1. The minimum atomic E-state index is -4.54. The first-order valence-corrected chi connectivity index (χ1v) is 14.5. The van der Waals surface area contributed by atoms with Crippen LogP contribution in [0.5, 0.6) is 5.88 Å². The molecule has 0 bridgehead atoms. The van der Waals surface area contributed by atoms with Crippen molar-refractivity contribution in [1.29, 1.82) is 0 Å². The number of carbonyl (C=O) groups excluding carboxylic acids is 1. The zero-order chi connectivity index (χ0) is 30.0. The van der Waals surface area contributed by atoms with E-state index in [0.717, 1.165) is 24.3 Å². The number of anilines is 1. The number of amides is 1. The maximum absolute atomic E-state index is 15.7. The highest BCUT2D eigenvalue weighted by Gasteiger charge is 2.27. The van der Waals surface area contributed by atoms with Gasteiger partial charge >= 0.3 is 0 Å². The van der Waals surface area contributed by atoms with Gasteiger partial charge in [-0.25, -0.2) is 26.6 Å². The molecule has 3 N–H and O–H groups in total. The van der Waals surface area contributed by atoms with Gasteiger partial charge in [0.2, 0.25) is 5.88 Å². The molecule has 1 saturated heterocycles. The number of pyridine rings is 1. The SMILES string of the molecule is CCOc1ncc(Cl)cc1S(=O)(=O)Nc1ccc(F)c(-c2ccc3c(C(=O)NCN4CCOCC4)[nH]nc3c2F)c1F. The van der Waals surface area contributed by atoms with Gasteiger partial charge in [-0.1, -0.05) is 17.7 Å². The van der Waals surface area contributed by atoms with Crippen molar-refractivity contribution in [1.82, 2.24) is 25.4 Å². The molecule has 0 atom stereocenters. The minimum Gasteiger partial charge on any atom is -0.477 e. The molecule has 1 aliphatic rings. The molecule has 5 rings (SSSR count). The highest BCUT2D eigenvalue weighted by atomic mass is 35.5. The fraction of sp³-hybridized carbons (Fsp3) is 0.269. The summed E-state index contributed by atoms with van der Waals surface area (Å²) in [5.41, 5.74) is -2.42. The summed E-state index contributed by atoms with van der Waals surface area (Å²) in [6.45, 7) is 4.28. The quantitative estimate of drug-likeness (QED) is 0.255. The third kappa shape index (κ3) is 5.86. The van der Waals surface area contributed by atoms with Gasteiger partial charge in [-0.3, -0.25) is 19.5 Å². The first kappa shape index (κ1) is 29.6. The first-order chi connectivity index (χ1) is 20.1. The fourth-order valence-electron chi connectivity index (χ4n) is 4.37. The normalized spacial score (nSPS) is 14.2. The Balaban J connectivity index is 1.46. The lowest BCUT2D eigenvalue weighted by atomic mass is 10.0. The molecule has 2 aromatic carbocycles. The van der Waals surface area contributed by atoms with Crippen LogP contribution in [-0.4, -0.2) is 74.0 Å². The van der Waals surface area contributed by atoms with Crippen molar-refractivity contribution >= 4 is 44.1 Å². The molecule has 3 heterocycles. The van der Waals surface area contributed by atoms with Crippen molar-refractivity contribution in [2.75, 3.05) is 44.3 Å². The average Bonchev–Trinajstić information content (AvgIpc) is 3.41. The summed E-state index contributed by atoms with van der Waals surface area (Å²) < 4.78 is 85.0. The number of rotatable bonds is 9. The third-order valence-electron chi connectivity index (χ3n) is 6.42. The summed E-state index contributed by atoms with van der Waals surface area (Å²) in [5.74, 6) is -4.49. The summed E-state index contributed by atoms with van der Waals surface area (Å²) in [7, 11) is -4.54. The number of aromatic nitrogens is 3. The Morgan fingerprint density at radius 2 is 1.93 bits per heavy atom. The molecular formula is C26H24ClF3N6O5S. The summed E-state index contributed by atoms with van der Waals surface area (Å²) in [4.78, 5) is 18.1. The standard InChI is InChI=1S/C26H24ClF3N6O5S/c1-2-41-26-19(11-14(27)12-31-26)42(38,39)35-18-6-5-17(28)20(22(18)30)15-3-4-16-23(21(15)29)33-34-24(16)25(37)32-13-36-7-9-40-10-8-36/h3-6,11-12,35H,2,7-10,13H2,1H3,(H,32,37)(H,33,34). The molecule has 2 aromatic heterocycles.